The fourth-order valence-electron chi connectivity index (χ4n) is 2.54. The Morgan fingerprint density at radius 2 is 2.12 bits per heavy atom. The van der Waals surface area contributed by atoms with Crippen molar-refractivity contribution in [2.75, 3.05) is 5.32 Å². The third-order valence-electron chi connectivity index (χ3n) is 3.47. The lowest BCUT2D eigenvalue weighted by Crippen LogP contribution is -2.22. The quantitative estimate of drug-likeness (QED) is 0.802. The maximum absolute atomic E-state index is 11.9. The van der Waals surface area contributed by atoms with E-state index in [1.54, 1.807) is 6.07 Å². The summed E-state index contributed by atoms with van der Waals surface area (Å²) in [6, 6.07) is 1.59. The predicted octanol–water partition coefficient (Wildman–Crippen LogP) is 2.11. The van der Waals surface area contributed by atoms with Crippen LogP contribution in [0.1, 0.15) is 19.3 Å². The second-order valence-corrected chi connectivity index (χ2v) is 5.00. The fourth-order valence-corrected chi connectivity index (χ4v) is 2.67. The highest BCUT2D eigenvalue weighted by atomic mass is 35.5. The summed E-state index contributed by atoms with van der Waals surface area (Å²) in [5.74, 6) is 2.09. The molecule has 2 aliphatic carbocycles. The van der Waals surface area contributed by atoms with Crippen LogP contribution in [0.4, 0.5) is 5.95 Å². The molecule has 0 saturated heterocycles. The molecule has 3 rings (SSSR count). The Labute approximate surface area is 98.4 Å². The summed E-state index contributed by atoms with van der Waals surface area (Å²) in [4.78, 5) is 19.7. The molecule has 0 spiro atoms. The van der Waals surface area contributed by atoms with Crippen molar-refractivity contribution in [3.05, 3.63) is 17.4 Å². The van der Waals surface area contributed by atoms with Crippen LogP contribution < -0.4 is 5.32 Å². The van der Waals surface area contributed by atoms with Crippen LogP contribution in [0.5, 0.6) is 0 Å². The molecular formula is C11H12ClN3O. The molecule has 1 heterocycles. The van der Waals surface area contributed by atoms with Crippen molar-refractivity contribution in [3.63, 3.8) is 0 Å². The van der Waals surface area contributed by atoms with E-state index in [0.717, 1.165) is 24.7 Å². The van der Waals surface area contributed by atoms with E-state index in [4.69, 9.17) is 11.6 Å². The first-order chi connectivity index (χ1) is 7.72. The second kappa shape index (κ2) is 3.70. The number of carbonyl (C=O) groups excluding carboxylic acids is 1. The topological polar surface area (TPSA) is 54.9 Å². The molecule has 1 N–H and O–H groups in total. The number of halogens is 1. The Kier molecular flexibility index (Phi) is 2.32. The molecule has 2 atom stereocenters. The van der Waals surface area contributed by atoms with Gasteiger partial charge in [0.05, 0.1) is 0 Å². The first-order valence-corrected chi connectivity index (χ1v) is 5.89. The van der Waals surface area contributed by atoms with Gasteiger partial charge >= 0.3 is 0 Å². The van der Waals surface area contributed by atoms with Crippen molar-refractivity contribution in [1.82, 2.24) is 9.97 Å². The molecule has 0 aromatic carbocycles. The van der Waals surface area contributed by atoms with Crippen LogP contribution in [-0.4, -0.2) is 15.9 Å². The monoisotopic (exact) mass is 237 g/mol. The Balaban J connectivity index is 1.64. The average molecular weight is 238 g/mol. The Hall–Kier alpha value is -1.16. The Morgan fingerprint density at radius 3 is 2.81 bits per heavy atom. The normalized spacial score (nSPS) is 30.9. The van der Waals surface area contributed by atoms with E-state index < -0.39 is 0 Å². The van der Waals surface area contributed by atoms with Gasteiger partial charge in [-0.25, -0.2) is 9.97 Å². The highest BCUT2D eigenvalue weighted by Gasteiger charge is 2.48. The number of carbonyl (C=O) groups is 1. The van der Waals surface area contributed by atoms with E-state index in [1.807, 2.05) is 0 Å². The minimum atomic E-state index is 0.0365. The zero-order valence-electron chi connectivity index (χ0n) is 8.69. The molecule has 2 fully saturated rings. The third-order valence-corrected chi connectivity index (χ3v) is 3.68. The number of amides is 1. The first-order valence-electron chi connectivity index (χ1n) is 5.52. The largest absolute Gasteiger partial charge is 0.294 e. The zero-order chi connectivity index (χ0) is 11.1. The van der Waals surface area contributed by atoms with Crippen molar-refractivity contribution in [2.24, 2.45) is 17.8 Å². The predicted molar refractivity (Wildman–Crippen MR) is 60.0 cm³/mol. The smallest absolute Gasteiger partial charge is 0.230 e. The highest BCUT2D eigenvalue weighted by Crippen LogP contribution is 2.54. The Morgan fingerprint density at radius 1 is 1.38 bits per heavy atom. The lowest BCUT2D eigenvalue weighted by atomic mass is 10.0. The SMILES string of the molecule is O=C(Nc1nccc(Cl)n1)C1CC2CC2C1. The standard InChI is InChI=1S/C11H12ClN3O/c12-9-1-2-13-11(14-9)15-10(16)8-4-6-3-7(6)5-8/h1-2,6-8H,3-5H2,(H,13,14,15,16). The van der Waals surface area contributed by atoms with Crippen LogP contribution in [0, 0.1) is 17.8 Å². The van der Waals surface area contributed by atoms with Crippen molar-refractivity contribution in [2.45, 2.75) is 19.3 Å². The maximum Gasteiger partial charge on any atom is 0.230 e. The van der Waals surface area contributed by atoms with Crippen molar-refractivity contribution in [3.8, 4) is 0 Å². The minimum Gasteiger partial charge on any atom is -0.294 e. The molecular weight excluding hydrogens is 226 g/mol. The van der Waals surface area contributed by atoms with Crippen LogP contribution in [0.3, 0.4) is 0 Å². The molecule has 1 amide bonds. The van der Waals surface area contributed by atoms with Crippen LogP contribution in [0.15, 0.2) is 12.3 Å². The van der Waals surface area contributed by atoms with Gasteiger partial charge in [-0.3, -0.25) is 10.1 Å². The van der Waals surface area contributed by atoms with Crippen LogP contribution in [0.2, 0.25) is 5.15 Å². The van der Waals surface area contributed by atoms with Gasteiger partial charge in [0.2, 0.25) is 11.9 Å². The molecule has 0 radical (unpaired) electrons. The van der Waals surface area contributed by atoms with Crippen LogP contribution in [-0.2, 0) is 4.79 Å². The second-order valence-electron chi connectivity index (χ2n) is 4.62. The molecule has 0 bridgehead atoms. The van der Waals surface area contributed by atoms with Gasteiger partial charge in [-0.05, 0) is 37.2 Å². The van der Waals surface area contributed by atoms with Gasteiger partial charge in [0.1, 0.15) is 5.15 Å². The van der Waals surface area contributed by atoms with Crippen LogP contribution >= 0.6 is 11.6 Å². The number of nitrogens with zero attached hydrogens (tertiary/aromatic N) is 2. The number of hydrogen-bond acceptors (Lipinski definition) is 3. The zero-order valence-corrected chi connectivity index (χ0v) is 9.44. The maximum atomic E-state index is 11.9. The van der Waals surface area contributed by atoms with Gasteiger partial charge < -0.3 is 0 Å². The number of anilines is 1. The molecule has 2 aliphatic rings. The van der Waals surface area contributed by atoms with Gasteiger partial charge in [0.25, 0.3) is 0 Å². The molecule has 2 saturated carbocycles. The minimum absolute atomic E-state index is 0.0365. The van der Waals surface area contributed by atoms with Gasteiger partial charge in [-0.2, -0.15) is 0 Å². The number of fused-ring (bicyclic) bond motifs is 1. The van der Waals surface area contributed by atoms with Gasteiger partial charge in [-0.1, -0.05) is 11.6 Å². The number of nitrogens with one attached hydrogen (secondary N) is 1. The lowest BCUT2D eigenvalue weighted by molar-refractivity contribution is -0.120. The summed E-state index contributed by atoms with van der Waals surface area (Å²) < 4.78 is 0. The molecule has 5 heteroatoms. The Bertz CT molecular complexity index is 427. The molecule has 4 nitrogen and oxygen atoms in total. The van der Waals surface area contributed by atoms with Crippen molar-refractivity contribution < 1.29 is 4.79 Å². The van der Waals surface area contributed by atoms with E-state index in [9.17, 15) is 4.79 Å². The number of aromatic nitrogens is 2. The molecule has 84 valence electrons. The van der Waals surface area contributed by atoms with E-state index in [0.29, 0.717) is 11.1 Å². The van der Waals surface area contributed by atoms with Gasteiger partial charge in [-0.15, -0.1) is 0 Å². The lowest BCUT2D eigenvalue weighted by Gasteiger charge is -2.10. The molecule has 16 heavy (non-hydrogen) atoms. The fraction of sp³-hybridized carbons (Fsp3) is 0.545. The summed E-state index contributed by atoms with van der Waals surface area (Å²) in [5.41, 5.74) is 0. The van der Waals surface area contributed by atoms with E-state index in [2.05, 4.69) is 15.3 Å². The summed E-state index contributed by atoms with van der Waals surface area (Å²) >= 11 is 5.72. The summed E-state index contributed by atoms with van der Waals surface area (Å²) in [6.45, 7) is 0. The van der Waals surface area contributed by atoms with E-state index >= 15 is 0 Å². The average Bonchev–Trinajstić information content (AvgIpc) is 2.86. The highest BCUT2D eigenvalue weighted by molar-refractivity contribution is 6.29. The van der Waals surface area contributed by atoms with E-state index in [1.165, 1.54) is 12.6 Å². The summed E-state index contributed by atoms with van der Waals surface area (Å²) in [5, 5.41) is 3.07. The van der Waals surface area contributed by atoms with Gasteiger partial charge in [0, 0.05) is 12.1 Å². The summed E-state index contributed by atoms with van der Waals surface area (Å²) in [7, 11) is 0. The van der Waals surface area contributed by atoms with Crippen LogP contribution in [0.25, 0.3) is 0 Å². The molecule has 0 aliphatic heterocycles. The van der Waals surface area contributed by atoms with Crippen molar-refractivity contribution in [1.29, 1.82) is 0 Å². The molecule has 1 aromatic rings. The number of hydrogen-bond donors (Lipinski definition) is 1. The first kappa shape index (κ1) is 10.0. The molecule has 2 unspecified atom stereocenters. The molecule has 1 aromatic heterocycles. The van der Waals surface area contributed by atoms with Gasteiger partial charge in [0.15, 0.2) is 0 Å². The summed E-state index contributed by atoms with van der Waals surface area (Å²) in [6.07, 6.45) is 4.91. The third kappa shape index (κ3) is 1.89. The number of rotatable bonds is 2. The van der Waals surface area contributed by atoms with Crippen molar-refractivity contribution >= 4 is 23.5 Å². The van der Waals surface area contributed by atoms with E-state index in [-0.39, 0.29) is 11.8 Å².